The maximum absolute atomic E-state index is 12.7. The number of amides is 2. The lowest BCUT2D eigenvalue weighted by molar-refractivity contribution is -0.132. The van der Waals surface area contributed by atoms with Crippen LogP contribution in [0.1, 0.15) is 43.9 Å². The summed E-state index contributed by atoms with van der Waals surface area (Å²) in [5.41, 5.74) is 1.81. The second-order valence-electron chi connectivity index (χ2n) is 8.72. The van der Waals surface area contributed by atoms with Crippen LogP contribution in [0, 0.1) is 20.8 Å². The van der Waals surface area contributed by atoms with E-state index >= 15 is 0 Å². The van der Waals surface area contributed by atoms with E-state index in [0.717, 1.165) is 5.56 Å². The molecule has 1 aromatic rings. The van der Waals surface area contributed by atoms with E-state index in [0.29, 0.717) is 37.3 Å². The minimum absolute atomic E-state index is 0.0280. The fourth-order valence-corrected chi connectivity index (χ4v) is 5.06. The minimum Gasteiger partial charge on any atom is -0.444 e. The number of nitrogens with zero attached hydrogens (tertiary/aromatic N) is 2. The summed E-state index contributed by atoms with van der Waals surface area (Å²) in [5.74, 6) is -0.140. The molecule has 8 nitrogen and oxygen atoms in total. The van der Waals surface area contributed by atoms with Crippen molar-refractivity contribution in [1.29, 1.82) is 0 Å². The van der Waals surface area contributed by atoms with Gasteiger partial charge in [0.1, 0.15) is 5.60 Å². The fraction of sp³-hybridized carbons (Fsp3) is 0.619. The van der Waals surface area contributed by atoms with Gasteiger partial charge in [0, 0.05) is 39.1 Å². The SMILES string of the molecule is Cc1cc(C)c(S(=O)(=O)NCCC(=O)N2CCN(C(=O)OC(C)(C)C)CC2)c(C)c1. The monoisotopic (exact) mass is 439 g/mol. The maximum Gasteiger partial charge on any atom is 0.410 e. The van der Waals surface area contributed by atoms with Gasteiger partial charge in [-0.2, -0.15) is 0 Å². The Bertz CT molecular complexity index is 875. The Labute approximate surface area is 179 Å². The van der Waals surface area contributed by atoms with Crippen LogP contribution in [0.2, 0.25) is 0 Å². The Balaban J connectivity index is 1.85. The summed E-state index contributed by atoms with van der Waals surface area (Å²) in [5, 5.41) is 0. The van der Waals surface area contributed by atoms with Gasteiger partial charge < -0.3 is 14.5 Å². The highest BCUT2D eigenvalue weighted by molar-refractivity contribution is 7.89. The van der Waals surface area contributed by atoms with Crippen molar-refractivity contribution >= 4 is 22.0 Å². The van der Waals surface area contributed by atoms with E-state index in [1.165, 1.54) is 0 Å². The highest BCUT2D eigenvalue weighted by Crippen LogP contribution is 2.21. The zero-order chi connectivity index (χ0) is 22.7. The Hall–Kier alpha value is -2.13. The van der Waals surface area contributed by atoms with Crippen LogP contribution < -0.4 is 4.72 Å². The molecule has 9 heteroatoms. The first-order chi connectivity index (χ1) is 13.8. The Morgan fingerprint density at radius 2 is 1.50 bits per heavy atom. The number of carbonyl (C=O) groups excluding carboxylic acids is 2. The van der Waals surface area contributed by atoms with Gasteiger partial charge in [-0.3, -0.25) is 4.79 Å². The minimum atomic E-state index is -3.69. The zero-order valence-corrected chi connectivity index (χ0v) is 19.6. The molecule has 0 bridgehead atoms. The van der Waals surface area contributed by atoms with Crippen molar-refractivity contribution < 1.29 is 22.7 Å². The van der Waals surface area contributed by atoms with Crippen molar-refractivity contribution in [3.8, 4) is 0 Å². The smallest absolute Gasteiger partial charge is 0.410 e. The first kappa shape index (κ1) is 24.1. The molecule has 1 aliphatic heterocycles. The van der Waals surface area contributed by atoms with E-state index in [4.69, 9.17) is 4.74 Å². The zero-order valence-electron chi connectivity index (χ0n) is 18.7. The van der Waals surface area contributed by atoms with Gasteiger partial charge >= 0.3 is 6.09 Å². The molecule has 168 valence electrons. The van der Waals surface area contributed by atoms with Crippen LogP contribution in [0.15, 0.2) is 17.0 Å². The van der Waals surface area contributed by atoms with Crippen molar-refractivity contribution in [2.75, 3.05) is 32.7 Å². The molecule has 2 amide bonds. The molecular weight excluding hydrogens is 406 g/mol. The third kappa shape index (κ3) is 6.43. The lowest BCUT2D eigenvalue weighted by Gasteiger charge is -2.35. The Morgan fingerprint density at radius 3 is 2.00 bits per heavy atom. The molecule has 1 aromatic carbocycles. The molecule has 1 fully saturated rings. The van der Waals surface area contributed by atoms with E-state index in [1.54, 1.807) is 23.6 Å². The van der Waals surface area contributed by atoms with Gasteiger partial charge in [0.2, 0.25) is 15.9 Å². The molecule has 0 saturated carbocycles. The van der Waals surface area contributed by atoms with Crippen LogP contribution in [-0.4, -0.2) is 68.5 Å². The van der Waals surface area contributed by atoms with Gasteiger partial charge in [-0.05, 0) is 52.7 Å². The third-order valence-electron chi connectivity index (χ3n) is 4.79. The van der Waals surface area contributed by atoms with Crippen molar-refractivity contribution in [3.63, 3.8) is 0 Å². The number of carbonyl (C=O) groups is 2. The molecule has 1 aliphatic rings. The van der Waals surface area contributed by atoms with Gasteiger partial charge in [0.05, 0.1) is 4.90 Å². The molecule has 0 atom stereocenters. The second-order valence-corrected chi connectivity index (χ2v) is 10.4. The molecule has 1 N–H and O–H groups in total. The highest BCUT2D eigenvalue weighted by atomic mass is 32.2. The first-order valence-electron chi connectivity index (χ1n) is 10.1. The molecule has 30 heavy (non-hydrogen) atoms. The summed E-state index contributed by atoms with van der Waals surface area (Å²) >= 11 is 0. The summed E-state index contributed by atoms with van der Waals surface area (Å²) in [6.07, 6.45) is -0.318. The quantitative estimate of drug-likeness (QED) is 0.760. The number of hydrogen-bond donors (Lipinski definition) is 1. The number of ether oxygens (including phenoxy) is 1. The van der Waals surface area contributed by atoms with E-state index in [2.05, 4.69) is 4.72 Å². The topological polar surface area (TPSA) is 96.0 Å². The summed E-state index contributed by atoms with van der Waals surface area (Å²) in [7, 11) is -3.69. The number of sulfonamides is 1. The number of nitrogens with one attached hydrogen (secondary N) is 1. The van der Waals surface area contributed by atoms with E-state index < -0.39 is 15.6 Å². The fourth-order valence-electron chi connectivity index (χ4n) is 3.58. The largest absolute Gasteiger partial charge is 0.444 e. The number of aryl methyl sites for hydroxylation is 3. The van der Waals surface area contributed by atoms with Crippen LogP contribution in [0.3, 0.4) is 0 Å². The Kier molecular flexibility index (Phi) is 7.52. The number of rotatable bonds is 5. The first-order valence-corrected chi connectivity index (χ1v) is 11.6. The van der Waals surface area contributed by atoms with Crippen LogP contribution in [0.5, 0.6) is 0 Å². The van der Waals surface area contributed by atoms with Gasteiger partial charge in [0.25, 0.3) is 0 Å². The summed E-state index contributed by atoms with van der Waals surface area (Å²) in [6.45, 7) is 12.5. The van der Waals surface area contributed by atoms with Crippen molar-refractivity contribution in [2.45, 2.75) is 58.5 Å². The van der Waals surface area contributed by atoms with Crippen molar-refractivity contribution in [3.05, 3.63) is 28.8 Å². The van der Waals surface area contributed by atoms with Gasteiger partial charge in [-0.25, -0.2) is 17.9 Å². The molecule has 1 heterocycles. The maximum atomic E-state index is 12.7. The summed E-state index contributed by atoms with van der Waals surface area (Å²) < 4.78 is 33.3. The van der Waals surface area contributed by atoms with Gasteiger partial charge in [-0.1, -0.05) is 17.7 Å². The predicted molar refractivity (Wildman–Crippen MR) is 115 cm³/mol. The number of hydrogen-bond acceptors (Lipinski definition) is 5. The van der Waals surface area contributed by atoms with Crippen LogP contribution in [0.25, 0.3) is 0 Å². The van der Waals surface area contributed by atoms with E-state index in [-0.39, 0.29) is 29.9 Å². The normalized spacial score (nSPS) is 15.3. The third-order valence-corrected chi connectivity index (χ3v) is 6.55. The molecule has 0 spiro atoms. The average Bonchev–Trinajstić information content (AvgIpc) is 2.58. The van der Waals surface area contributed by atoms with Crippen molar-refractivity contribution in [2.24, 2.45) is 0 Å². The summed E-state index contributed by atoms with van der Waals surface area (Å²) in [4.78, 5) is 28.1. The van der Waals surface area contributed by atoms with Crippen molar-refractivity contribution in [1.82, 2.24) is 14.5 Å². The van der Waals surface area contributed by atoms with E-state index in [1.807, 2.05) is 39.8 Å². The molecule has 0 aromatic heterocycles. The molecule has 0 aliphatic carbocycles. The lowest BCUT2D eigenvalue weighted by Crippen LogP contribution is -2.52. The molecule has 0 radical (unpaired) electrons. The second kappa shape index (κ2) is 9.34. The van der Waals surface area contributed by atoms with Gasteiger partial charge in [0.15, 0.2) is 0 Å². The molecule has 2 rings (SSSR count). The highest BCUT2D eigenvalue weighted by Gasteiger charge is 2.28. The molecular formula is C21H33N3O5S. The molecule has 1 saturated heterocycles. The number of piperazine rings is 1. The van der Waals surface area contributed by atoms with Crippen LogP contribution >= 0.6 is 0 Å². The predicted octanol–water partition coefficient (Wildman–Crippen LogP) is 2.36. The summed E-state index contributed by atoms with van der Waals surface area (Å²) in [6, 6.07) is 3.66. The molecule has 0 unspecified atom stereocenters. The average molecular weight is 440 g/mol. The number of benzene rings is 1. The lowest BCUT2D eigenvalue weighted by atomic mass is 10.1. The van der Waals surface area contributed by atoms with E-state index in [9.17, 15) is 18.0 Å². The van der Waals surface area contributed by atoms with Crippen LogP contribution in [0.4, 0.5) is 4.79 Å². The van der Waals surface area contributed by atoms with Crippen LogP contribution in [-0.2, 0) is 19.6 Å². The standard InChI is InChI=1S/C21H33N3O5S/c1-15-13-16(2)19(17(3)14-15)30(27,28)22-8-7-18(25)23-9-11-24(12-10-23)20(26)29-21(4,5)6/h13-14,22H,7-12H2,1-6H3. The van der Waals surface area contributed by atoms with Gasteiger partial charge in [-0.15, -0.1) is 0 Å². The Morgan fingerprint density at radius 1 is 1.00 bits per heavy atom.